The third kappa shape index (κ3) is 6.84. The van der Waals surface area contributed by atoms with Gasteiger partial charge in [-0.3, -0.25) is 9.98 Å². The van der Waals surface area contributed by atoms with Crippen molar-refractivity contribution >= 4 is 98.7 Å². The second kappa shape index (κ2) is 16.3. The van der Waals surface area contributed by atoms with Gasteiger partial charge in [0.25, 0.3) is 0 Å². The first-order valence-corrected chi connectivity index (χ1v) is 24.2. The van der Waals surface area contributed by atoms with E-state index in [0.717, 1.165) is 94.6 Å². The van der Waals surface area contributed by atoms with Crippen molar-refractivity contribution < 1.29 is 8.83 Å². The standard InChI is InChI=1S/C62H39N5O2S/c1-3-12-42(13-4-1)66(44-27-22-39(23-28-44)61-63-53-18-7-8-19-54(53)64-61)46-32-35-57-52(37-46)51-36-41(26-34-56(51)68-57)48-16-11-17-50-49-33-31-47(38-59(49)70-60(48)50)67(43-14-5-2-6-15-43)45-29-24-40(25-30-45)62-65-55-20-9-10-21-58(55)69-62/h1-38,61H. The maximum Gasteiger partial charge on any atom is 0.227 e. The highest BCUT2D eigenvalue weighted by molar-refractivity contribution is 7.26. The number of hydrogen-bond donors (Lipinski definition) is 0. The number of oxazole rings is 1. The van der Waals surface area contributed by atoms with Crippen LogP contribution in [0.1, 0.15) is 11.7 Å². The fourth-order valence-corrected chi connectivity index (χ4v) is 11.2. The molecule has 0 atom stereocenters. The highest BCUT2D eigenvalue weighted by atomic mass is 32.1. The average molecular weight is 918 g/mol. The van der Waals surface area contributed by atoms with Crippen LogP contribution in [-0.4, -0.2) is 4.98 Å². The van der Waals surface area contributed by atoms with E-state index < -0.39 is 0 Å². The molecule has 0 amide bonds. The SMILES string of the molecule is c1ccc(N(c2ccc(-c3nc4ccccc4o3)cc2)c2ccc3c(c2)sc2c(-c4ccc5oc6ccc(N(c7ccccc7)c7ccc(C8N=c9ccccc9=N8)cc7)cc6c5c4)cccc23)cc1. The fourth-order valence-electron chi connectivity index (χ4n) is 9.94. The summed E-state index contributed by atoms with van der Waals surface area (Å²) in [4.78, 5) is 19.1. The van der Waals surface area contributed by atoms with Crippen LogP contribution in [0, 0.1) is 0 Å². The lowest BCUT2D eigenvalue weighted by molar-refractivity contribution is 0.620. The first kappa shape index (κ1) is 40.0. The Hall–Kier alpha value is -9.11. The Morgan fingerprint density at radius 3 is 1.67 bits per heavy atom. The quantitative estimate of drug-likeness (QED) is 0.144. The molecule has 0 saturated heterocycles. The van der Waals surface area contributed by atoms with Gasteiger partial charge in [-0.2, -0.15) is 0 Å². The molecule has 0 saturated carbocycles. The van der Waals surface area contributed by atoms with Crippen molar-refractivity contribution in [1.29, 1.82) is 0 Å². The molecular formula is C62H39N5O2S. The highest BCUT2D eigenvalue weighted by Gasteiger charge is 2.21. The van der Waals surface area contributed by atoms with Gasteiger partial charge in [0, 0.05) is 70.6 Å². The van der Waals surface area contributed by atoms with Gasteiger partial charge in [-0.1, -0.05) is 103 Å². The number of fused-ring (bicyclic) bond motifs is 8. The number of anilines is 6. The summed E-state index contributed by atoms with van der Waals surface area (Å²) < 4.78 is 15.1. The van der Waals surface area contributed by atoms with Crippen LogP contribution in [0.2, 0.25) is 0 Å². The molecule has 0 spiro atoms. The second-order valence-electron chi connectivity index (χ2n) is 17.5. The van der Waals surface area contributed by atoms with Gasteiger partial charge in [0.05, 0.1) is 10.7 Å². The van der Waals surface area contributed by atoms with E-state index in [0.29, 0.717) is 5.89 Å². The lowest BCUT2D eigenvalue weighted by atomic mass is 10.0. The van der Waals surface area contributed by atoms with Crippen molar-refractivity contribution in [3.63, 3.8) is 0 Å². The summed E-state index contributed by atoms with van der Waals surface area (Å²) in [6.07, 6.45) is -0.247. The smallest absolute Gasteiger partial charge is 0.227 e. The summed E-state index contributed by atoms with van der Waals surface area (Å²) in [5.41, 5.74) is 14.0. The largest absolute Gasteiger partial charge is 0.456 e. The van der Waals surface area contributed by atoms with E-state index >= 15 is 0 Å². The van der Waals surface area contributed by atoms with Gasteiger partial charge in [0.15, 0.2) is 11.7 Å². The molecule has 1 aliphatic rings. The Balaban J connectivity index is 0.823. The highest BCUT2D eigenvalue weighted by Crippen LogP contribution is 2.45. The zero-order valence-electron chi connectivity index (χ0n) is 37.5. The minimum absolute atomic E-state index is 0.247. The molecule has 0 fully saturated rings. The lowest BCUT2D eigenvalue weighted by Crippen LogP contribution is -2.19. The number of rotatable bonds is 9. The molecule has 10 aromatic carbocycles. The fraction of sp³-hybridized carbons (Fsp3) is 0.0161. The minimum atomic E-state index is -0.247. The van der Waals surface area contributed by atoms with Crippen LogP contribution in [0.5, 0.6) is 0 Å². The topological polar surface area (TPSA) is 70.4 Å². The van der Waals surface area contributed by atoms with E-state index in [-0.39, 0.29) is 6.17 Å². The summed E-state index contributed by atoms with van der Waals surface area (Å²) in [5.74, 6) is 0.610. The molecule has 0 bridgehead atoms. The first-order chi connectivity index (χ1) is 34.6. The number of hydrogen-bond acceptors (Lipinski definition) is 8. The Bertz CT molecular complexity index is 4190. The number of aromatic nitrogens is 1. The minimum Gasteiger partial charge on any atom is -0.456 e. The van der Waals surface area contributed by atoms with E-state index in [4.69, 9.17) is 23.8 Å². The predicted molar refractivity (Wildman–Crippen MR) is 286 cm³/mol. The molecule has 7 nitrogen and oxygen atoms in total. The van der Waals surface area contributed by atoms with E-state index in [9.17, 15) is 0 Å². The zero-order valence-corrected chi connectivity index (χ0v) is 38.3. The van der Waals surface area contributed by atoms with Gasteiger partial charge >= 0.3 is 0 Å². The number of nitrogens with zero attached hydrogens (tertiary/aromatic N) is 5. The Morgan fingerprint density at radius 1 is 0.386 bits per heavy atom. The van der Waals surface area contributed by atoms with Crippen molar-refractivity contribution in [2.45, 2.75) is 6.17 Å². The Kier molecular flexibility index (Phi) is 9.31. The maximum atomic E-state index is 6.53. The van der Waals surface area contributed by atoms with Crippen LogP contribution in [0.15, 0.2) is 249 Å². The average Bonchev–Trinajstić information content (AvgIpc) is 4.22. The van der Waals surface area contributed by atoms with Crippen molar-refractivity contribution in [2.24, 2.45) is 9.98 Å². The van der Waals surface area contributed by atoms with E-state index in [1.807, 2.05) is 59.9 Å². The van der Waals surface area contributed by atoms with Crippen LogP contribution in [0.3, 0.4) is 0 Å². The molecule has 3 aromatic heterocycles. The van der Waals surface area contributed by atoms with Crippen LogP contribution in [0.25, 0.3) is 75.8 Å². The second-order valence-corrected chi connectivity index (χ2v) is 18.6. The van der Waals surface area contributed by atoms with Crippen LogP contribution >= 0.6 is 11.3 Å². The molecule has 1 aliphatic heterocycles. The van der Waals surface area contributed by atoms with Gasteiger partial charge in [-0.25, -0.2) is 4.98 Å². The molecule has 330 valence electrons. The monoisotopic (exact) mass is 917 g/mol. The summed E-state index contributed by atoms with van der Waals surface area (Å²) in [6.45, 7) is 0. The van der Waals surface area contributed by atoms with Crippen molar-refractivity contribution in [3.05, 3.63) is 247 Å². The Morgan fingerprint density at radius 2 is 0.957 bits per heavy atom. The van der Waals surface area contributed by atoms with Crippen LogP contribution in [0.4, 0.5) is 34.1 Å². The van der Waals surface area contributed by atoms with E-state index in [1.165, 1.54) is 25.7 Å². The summed E-state index contributed by atoms with van der Waals surface area (Å²) in [7, 11) is 0. The van der Waals surface area contributed by atoms with Crippen LogP contribution in [-0.2, 0) is 0 Å². The molecule has 13 aromatic rings. The number of para-hydroxylation sites is 6. The predicted octanol–water partition coefficient (Wildman–Crippen LogP) is 16.3. The normalized spacial score (nSPS) is 12.5. The number of furan rings is 1. The molecular weight excluding hydrogens is 879 g/mol. The first-order valence-electron chi connectivity index (χ1n) is 23.3. The third-order valence-electron chi connectivity index (χ3n) is 13.3. The Labute approximate surface area is 405 Å². The summed E-state index contributed by atoms with van der Waals surface area (Å²) in [6, 6.07) is 80.7. The van der Waals surface area contributed by atoms with Gasteiger partial charge in [-0.15, -0.1) is 11.3 Å². The lowest BCUT2D eigenvalue weighted by Gasteiger charge is -2.25. The van der Waals surface area contributed by atoms with Crippen molar-refractivity contribution in [3.8, 4) is 22.6 Å². The molecule has 4 heterocycles. The summed E-state index contributed by atoms with van der Waals surface area (Å²) >= 11 is 1.84. The molecule has 14 rings (SSSR count). The third-order valence-corrected chi connectivity index (χ3v) is 14.5. The molecule has 8 heteroatoms. The molecule has 70 heavy (non-hydrogen) atoms. The summed E-state index contributed by atoms with van der Waals surface area (Å²) in [5, 5.41) is 6.47. The molecule has 0 radical (unpaired) electrons. The molecule has 0 N–H and O–H groups in total. The number of benzene rings is 10. The molecule has 0 unspecified atom stereocenters. The van der Waals surface area contributed by atoms with Gasteiger partial charge < -0.3 is 18.6 Å². The maximum absolute atomic E-state index is 6.53. The zero-order chi connectivity index (χ0) is 46.1. The van der Waals surface area contributed by atoms with Gasteiger partial charge in [-0.05, 0) is 144 Å². The van der Waals surface area contributed by atoms with Crippen LogP contribution < -0.4 is 20.5 Å². The van der Waals surface area contributed by atoms with Gasteiger partial charge in [0.1, 0.15) is 16.7 Å². The number of thiophene rings is 1. The molecule has 0 aliphatic carbocycles. The van der Waals surface area contributed by atoms with E-state index in [2.05, 4.69) is 192 Å². The van der Waals surface area contributed by atoms with E-state index in [1.54, 1.807) is 0 Å². The van der Waals surface area contributed by atoms with Gasteiger partial charge in [0.2, 0.25) is 5.89 Å². The van der Waals surface area contributed by atoms with Crippen molar-refractivity contribution in [2.75, 3.05) is 9.80 Å². The van der Waals surface area contributed by atoms with Crippen molar-refractivity contribution in [1.82, 2.24) is 4.98 Å².